The van der Waals surface area contributed by atoms with E-state index in [9.17, 15) is 4.79 Å². The molecule has 0 bridgehead atoms. The van der Waals surface area contributed by atoms with Crippen molar-refractivity contribution in [2.75, 3.05) is 27.6 Å². The Morgan fingerprint density at radius 2 is 1.70 bits per heavy atom. The molecule has 2 aromatic rings. The summed E-state index contributed by atoms with van der Waals surface area (Å²) in [6, 6.07) is 5.23. The number of rotatable bonds is 3. The van der Waals surface area contributed by atoms with E-state index in [-0.39, 0.29) is 19.2 Å². The normalized spacial score (nSPS) is 20.0. The third-order valence-corrected chi connectivity index (χ3v) is 5.55. The lowest BCUT2D eigenvalue weighted by molar-refractivity contribution is 0.0891. The van der Waals surface area contributed by atoms with Crippen LogP contribution in [0.5, 0.6) is 34.5 Å². The van der Waals surface area contributed by atoms with Gasteiger partial charge in [0.1, 0.15) is 23.7 Å². The minimum Gasteiger partial charge on any atom is -0.496 e. The van der Waals surface area contributed by atoms with E-state index in [1.807, 2.05) is 26.0 Å². The molecule has 3 aliphatic heterocycles. The van der Waals surface area contributed by atoms with Gasteiger partial charge in [-0.15, -0.1) is 0 Å². The molecule has 30 heavy (non-hydrogen) atoms. The van der Waals surface area contributed by atoms with Gasteiger partial charge in [-0.1, -0.05) is 0 Å². The lowest BCUT2D eigenvalue weighted by Gasteiger charge is -2.33. The summed E-state index contributed by atoms with van der Waals surface area (Å²) in [4.78, 5) is 13.5. The van der Waals surface area contributed by atoms with Crippen molar-refractivity contribution in [1.29, 1.82) is 0 Å². The van der Waals surface area contributed by atoms with Gasteiger partial charge in [0.2, 0.25) is 6.79 Å². The van der Waals surface area contributed by atoms with Crippen molar-refractivity contribution in [3.05, 3.63) is 41.0 Å². The first-order valence-corrected chi connectivity index (χ1v) is 9.69. The maximum atomic E-state index is 13.5. The molecule has 1 atom stereocenters. The number of carbonyl (C=O) groups excluding carboxylic acids is 1. The summed E-state index contributed by atoms with van der Waals surface area (Å²) in [5.41, 5.74) is 1.39. The second-order valence-corrected chi connectivity index (χ2v) is 7.91. The van der Waals surface area contributed by atoms with Gasteiger partial charge in [-0.2, -0.15) is 0 Å². The van der Waals surface area contributed by atoms with Crippen molar-refractivity contribution in [1.82, 2.24) is 0 Å². The molecule has 0 fully saturated rings. The molecule has 0 N–H and O–H groups in total. The molecular weight excluding hydrogens is 388 g/mol. The van der Waals surface area contributed by atoms with Crippen LogP contribution in [0.15, 0.2) is 24.3 Å². The van der Waals surface area contributed by atoms with Crippen LogP contribution in [0, 0.1) is 0 Å². The van der Waals surface area contributed by atoms with E-state index in [1.54, 1.807) is 32.4 Å². The number of benzene rings is 2. The Morgan fingerprint density at radius 1 is 0.967 bits per heavy atom. The Balaban J connectivity index is 1.60. The maximum Gasteiger partial charge on any atom is 0.231 e. The summed E-state index contributed by atoms with van der Waals surface area (Å²) < 4.78 is 34.2. The zero-order chi connectivity index (χ0) is 21.0. The summed E-state index contributed by atoms with van der Waals surface area (Å²) in [5.74, 6) is 2.71. The van der Waals surface area contributed by atoms with Crippen molar-refractivity contribution in [2.45, 2.75) is 25.4 Å². The summed E-state index contributed by atoms with van der Waals surface area (Å²) in [5, 5.41) is 0. The van der Waals surface area contributed by atoms with Crippen LogP contribution < -0.4 is 28.4 Å². The van der Waals surface area contributed by atoms with E-state index < -0.39 is 11.5 Å². The average molecular weight is 410 g/mol. The lowest BCUT2D eigenvalue weighted by atomic mass is 9.86. The molecule has 0 amide bonds. The number of methoxy groups -OCH3 is 2. The van der Waals surface area contributed by atoms with E-state index >= 15 is 0 Å². The van der Waals surface area contributed by atoms with Gasteiger partial charge < -0.3 is 28.4 Å². The van der Waals surface area contributed by atoms with Gasteiger partial charge in [0.25, 0.3) is 0 Å². The molecule has 7 nitrogen and oxygen atoms in total. The van der Waals surface area contributed by atoms with Crippen LogP contribution in [-0.2, 0) is 0 Å². The largest absolute Gasteiger partial charge is 0.496 e. The topological polar surface area (TPSA) is 72.5 Å². The van der Waals surface area contributed by atoms with Gasteiger partial charge >= 0.3 is 0 Å². The highest BCUT2D eigenvalue weighted by Gasteiger charge is 2.38. The van der Waals surface area contributed by atoms with Crippen LogP contribution in [-0.4, -0.2) is 39.0 Å². The third-order valence-electron chi connectivity index (χ3n) is 5.55. The highest BCUT2D eigenvalue weighted by molar-refractivity contribution is 6.06. The molecule has 7 heteroatoms. The number of ether oxygens (including phenoxy) is 6. The first kappa shape index (κ1) is 18.7. The molecule has 0 radical (unpaired) electrons. The summed E-state index contributed by atoms with van der Waals surface area (Å²) in [6.45, 7) is 4.24. The van der Waals surface area contributed by atoms with Gasteiger partial charge in [-0.05, 0) is 38.1 Å². The molecule has 5 rings (SSSR count). The molecule has 156 valence electrons. The fourth-order valence-corrected chi connectivity index (χ4v) is 4.02. The summed E-state index contributed by atoms with van der Waals surface area (Å²) in [7, 11) is 3.12. The van der Waals surface area contributed by atoms with Gasteiger partial charge in [-0.3, -0.25) is 4.79 Å². The van der Waals surface area contributed by atoms with Crippen LogP contribution in [0.1, 0.15) is 41.3 Å². The number of ketones is 1. The van der Waals surface area contributed by atoms with E-state index in [0.29, 0.717) is 51.2 Å². The molecule has 0 aliphatic carbocycles. The Hall–Kier alpha value is -3.35. The lowest BCUT2D eigenvalue weighted by Crippen LogP contribution is -2.30. The van der Waals surface area contributed by atoms with Crippen LogP contribution >= 0.6 is 0 Å². The van der Waals surface area contributed by atoms with Crippen molar-refractivity contribution in [2.24, 2.45) is 0 Å². The van der Waals surface area contributed by atoms with Crippen LogP contribution in [0.4, 0.5) is 0 Å². The van der Waals surface area contributed by atoms with Crippen LogP contribution in [0.3, 0.4) is 0 Å². The Labute approximate surface area is 174 Å². The Kier molecular flexibility index (Phi) is 4.10. The predicted molar refractivity (Wildman–Crippen MR) is 108 cm³/mol. The molecule has 0 spiro atoms. The molecule has 0 saturated heterocycles. The minimum absolute atomic E-state index is 0.0762. The number of Topliss-reactive ketones (excluding diaryl/α,β-unsaturated/α-hetero) is 1. The zero-order valence-corrected chi connectivity index (χ0v) is 17.2. The highest BCUT2D eigenvalue weighted by atomic mass is 16.7. The van der Waals surface area contributed by atoms with Gasteiger partial charge in [0.05, 0.1) is 31.3 Å². The minimum atomic E-state index is -0.547. The number of carbonyl (C=O) groups is 1. The zero-order valence-electron chi connectivity index (χ0n) is 17.2. The van der Waals surface area contributed by atoms with Gasteiger partial charge in [0.15, 0.2) is 28.8 Å². The molecule has 3 aliphatic rings. The van der Waals surface area contributed by atoms with Crippen molar-refractivity contribution < 1.29 is 33.2 Å². The third kappa shape index (κ3) is 2.76. The summed E-state index contributed by atoms with van der Waals surface area (Å²) in [6.07, 6.45) is 3.87. The average Bonchev–Trinajstić information content (AvgIpc) is 3.19. The highest BCUT2D eigenvalue weighted by Crippen LogP contribution is 2.50. The second-order valence-electron chi connectivity index (χ2n) is 7.91. The maximum absolute atomic E-state index is 13.5. The van der Waals surface area contributed by atoms with Crippen molar-refractivity contribution in [3.63, 3.8) is 0 Å². The van der Waals surface area contributed by atoms with Crippen LogP contribution in [0.2, 0.25) is 0 Å². The first-order valence-electron chi connectivity index (χ1n) is 9.69. The monoisotopic (exact) mass is 410 g/mol. The quantitative estimate of drug-likeness (QED) is 0.758. The second kappa shape index (κ2) is 6.58. The molecule has 1 unspecified atom stereocenters. The number of hydrogen-bond acceptors (Lipinski definition) is 7. The fourth-order valence-electron chi connectivity index (χ4n) is 4.02. The van der Waals surface area contributed by atoms with Crippen molar-refractivity contribution in [3.8, 4) is 34.5 Å². The van der Waals surface area contributed by atoms with Gasteiger partial charge in [0, 0.05) is 11.6 Å². The Bertz CT molecular complexity index is 1080. The fraction of sp³-hybridized carbons (Fsp3) is 0.348. The van der Waals surface area contributed by atoms with E-state index in [2.05, 4.69) is 0 Å². The molecule has 3 heterocycles. The van der Waals surface area contributed by atoms with Crippen LogP contribution in [0.25, 0.3) is 6.08 Å². The molecule has 0 saturated carbocycles. The Morgan fingerprint density at radius 3 is 2.43 bits per heavy atom. The molecular formula is C23H22O7. The SMILES string of the molecule is COc1cc2c(cc1C1COc3c(cc(OC)c4c3C=CC(C)(C)O4)C1=O)OCO2. The predicted octanol–water partition coefficient (Wildman–Crippen LogP) is 3.98. The molecule has 2 aromatic carbocycles. The summed E-state index contributed by atoms with van der Waals surface area (Å²) >= 11 is 0. The van der Waals surface area contributed by atoms with E-state index in [1.165, 1.54) is 0 Å². The standard InChI is InChI=1S/C23H22O7/c1-23(2)6-5-12-21-14(8-19(26-4)22(12)30-23)20(24)15(10-27-21)13-7-17-18(29-11-28-17)9-16(13)25-3/h5-9,15H,10-11H2,1-4H3. The number of hydrogen-bond donors (Lipinski definition) is 0. The van der Waals surface area contributed by atoms with E-state index in [4.69, 9.17) is 28.4 Å². The smallest absolute Gasteiger partial charge is 0.231 e. The van der Waals surface area contributed by atoms with Crippen molar-refractivity contribution >= 4 is 11.9 Å². The first-order chi connectivity index (χ1) is 14.4. The van der Waals surface area contributed by atoms with Gasteiger partial charge in [-0.25, -0.2) is 0 Å². The molecule has 0 aromatic heterocycles. The number of fused-ring (bicyclic) bond motifs is 4. The van der Waals surface area contributed by atoms with E-state index in [0.717, 1.165) is 0 Å².